The van der Waals surface area contributed by atoms with Crippen LogP contribution < -0.4 is 9.80 Å². The van der Waals surface area contributed by atoms with E-state index in [1.54, 1.807) is 0 Å². The lowest BCUT2D eigenvalue weighted by atomic mass is 10.1. The maximum Gasteiger partial charge on any atom is 0.267 e. The lowest BCUT2D eigenvalue weighted by molar-refractivity contribution is 0.0750. The van der Waals surface area contributed by atoms with Gasteiger partial charge in [-0.15, -0.1) is 15.3 Å². The molecule has 9 heteroatoms. The van der Waals surface area contributed by atoms with E-state index in [0.717, 1.165) is 56.4 Å². The number of aromatic nitrogens is 4. The summed E-state index contributed by atoms with van der Waals surface area (Å²) in [6, 6.07) is 4.13. The number of piperidine rings is 1. The molecule has 2 aliphatic heterocycles. The Kier molecular flexibility index (Phi) is 5.99. The van der Waals surface area contributed by atoms with Crippen LogP contribution in [0.2, 0.25) is 0 Å². The van der Waals surface area contributed by atoms with Crippen LogP contribution in [-0.4, -0.2) is 69.9 Å². The molecular formula is C19H27N7OS. The van der Waals surface area contributed by atoms with Crippen molar-refractivity contribution in [1.82, 2.24) is 24.7 Å². The molecule has 0 unspecified atom stereocenters. The van der Waals surface area contributed by atoms with Crippen molar-refractivity contribution in [2.45, 2.75) is 39.0 Å². The number of nitrogens with zero attached hydrogens (tertiary/aromatic N) is 7. The third kappa shape index (κ3) is 4.09. The predicted molar refractivity (Wildman–Crippen MR) is 110 cm³/mol. The Morgan fingerprint density at radius 2 is 1.57 bits per heavy atom. The van der Waals surface area contributed by atoms with Crippen LogP contribution in [0.3, 0.4) is 0 Å². The van der Waals surface area contributed by atoms with E-state index < -0.39 is 0 Å². The van der Waals surface area contributed by atoms with E-state index in [4.69, 9.17) is 0 Å². The van der Waals surface area contributed by atoms with Crippen LogP contribution in [0.1, 0.15) is 48.0 Å². The predicted octanol–water partition coefficient (Wildman–Crippen LogP) is 2.23. The second kappa shape index (κ2) is 8.81. The largest absolute Gasteiger partial charge is 0.355 e. The standard InChI is InChI=1S/C19H27N7OS/c1-2-6-15-18(28-23-20-15)19(27)26-13-11-25(12-14-26)17-8-7-16(21-22-17)24-9-4-3-5-10-24/h7-8H,2-6,9-14H2,1H3. The van der Waals surface area contributed by atoms with Gasteiger partial charge in [-0.2, -0.15) is 0 Å². The average Bonchev–Trinajstić information content (AvgIpc) is 3.23. The molecule has 0 atom stereocenters. The van der Waals surface area contributed by atoms with Crippen molar-refractivity contribution in [1.29, 1.82) is 0 Å². The van der Waals surface area contributed by atoms with Crippen LogP contribution >= 0.6 is 11.5 Å². The highest BCUT2D eigenvalue weighted by Gasteiger charge is 2.26. The summed E-state index contributed by atoms with van der Waals surface area (Å²) in [5.41, 5.74) is 0.832. The Morgan fingerprint density at radius 1 is 0.929 bits per heavy atom. The van der Waals surface area contributed by atoms with E-state index in [9.17, 15) is 4.79 Å². The summed E-state index contributed by atoms with van der Waals surface area (Å²) in [5.74, 6) is 1.92. The molecule has 1 amide bonds. The number of anilines is 2. The first-order valence-corrected chi connectivity index (χ1v) is 11.0. The normalized spacial score (nSPS) is 17.8. The van der Waals surface area contributed by atoms with Gasteiger partial charge in [-0.05, 0) is 49.3 Å². The second-order valence-corrected chi connectivity index (χ2v) is 8.13. The van der Waals surface area contributed by atoms with E-state index in [-0.39, 0.29) is 5.91 Å². The second-order valence-electron chi connectivity index (χ2n) is 7.38. The minimum atomic E-state index is 0.0598. The Balaban J connectivity index is 1.34. The smallest absolute Gasteiger partial charge is 0.267 e. The van der Waals surface area contributed by atoms with E-state index in [1.807, 2.05) is 4.90 Å². The summed E-state index contributed by atoms with van der Waals surface area (Å²) in [5, 5.41) is 13.0. The van der Waals surface area contributed by atoms with Crippen LogP contribution in [-0.2, 0) is 6.42 Å². The molecule has 0 bridgehead atoms. The molecule has 2 aromatic rings. The molecule has 2 saturated heterocycles. The van der Waals surface area contributed by atoms with Gasteiger partial charge in [0.25, 0.3) is 5.91 Å². The average molecular weight is 402 g/mol. The summed E-state index contributed by atoms with van der Waals surface area (Å²) in [7, 11) is 0. The fraction of sp³-hybridized carbons (Fsp3) is 0.632. The van der Waals surface area contributed by atoms with Crippen LogP contribution in [0.25, 0.3) is 0 Å². The highest BCUT2D eigenvalue weighted by molar-refractivity contribution is 7.08. The topological polar surface area (TPSA) is 78.4 Å². The number of hydrogen-bond acceptors (Lipinski definition) is 8. The van der Waals surface area contributed by atoms with Crippen molar-refractivity contribution in [3.8, 4) is 0 Å². The van der Waals surface area contributed by atoms with Gasteiger partial charge in [-0.3, -0.25) is 4.79 Å². The van der Waals surface area contributed by atoms with Gasteiger partial charge in [-0.25, -0.2) is 0 Å². The molecule has 0 saturated carbocycles. The molecule has 2 aromatic heterocycles. The minimum absolute atomic E-state index is 0.0598. The molecule has 4 heterocycles. The van der Waals surface area contributed by atoms with Gasteiger partial charge in [0.2, 0.25) is 0 Å². The number of rotatable bonds is 5. The molecule has 150 valence electrons. The van der Waals surface area contributed by atoms with Crippen molar-refractivity contribution < 1.29 is 4.79 Å². The quantitative estimate of drug-likeness (QED) is 0.760. The number of carbonyl (C=O) groups excluding carboxylic acids is 1. The Labute approximate surface area is 169 Å². The summed E-state index contributed by atoms with van der Waals surface area (Å²) in [6.45, 7) is 7.11. The SMILES string of the molecule is CCCc1nnsc1C(=O)N1CCN(c2ccc(N3CCCCC3)nn2)CC1. The first-order valence-electron chi connectivity index (χ1n) is 10.2. The lowest BCUT2D eigenvalue weighted by Crippen LogP contribution is -2.49. The molecular weight excluding hydrogens is 374 g/mol. The monoisotopic (exact) mass is 401 g/mol. The zero-order valence-corrected chi connectivity index (χ0v) is 17.2. The molecule has 0 spiro atoms. The first kappa shape index (κ1) is 19.0. The van der Waals surface area contributed by atoms with Crippen LogP contribution in [0.15, 0.2) is 12.1 Å². The number of piperazine rings is 1. The molecule has 28 heavy (non-hydrogen) atoms. The summed E-state index contributed by atoms with van der Waals surface area (Å²) < 4.78 is 3.98. The van der Waals surface area contributed by atoms with Crippen molar-refractivity contribution >= 4 is 29.1 Å². The van der Waals surface area contributed by atoms with Gasteiger partial charge in [0, 0.05) is 39.3 Å². The van der Waals surface area contributed by atoms with Gasteiger partial charge < -0.3 is 14.7 Å². The van der Waals surface area contributed by atoms with Crippen molar-refractivity contribution in [3.63, 3.8) is 0 Å². The summed E-state index contributed by atoms with van der Waals surface area (Å²) in [6.07, 6.45) is 5.54. The van der Waals surface area contributed by atoms with Crippen molar-refractivity contribution in [2.75, 3.05) is 49.1 Å². The molecule has 0 radical (unpaired) electrons. The third-order valence-corrected chi connectivity index (χ3v) is 6.20. The Morgan fingerprint density at radius 3 is 2.18 bits per heavy atom. The lowest BCUT2D eigenvalue weighted by Gasteiger charge is -2.35. The maximum atomic E-state index is 12.8. The summed E-state index contributed by atoms with van der Waals surface area (Å²) >= 11 is 1.21. The van der Waals surface area contributed by atoms with Gasteiger partial charge >= 0.3 is 0 Å². The van der Waals surface area contributed by atoms with Crippen molar-refractivity contribution in [3.05, 3.63) is 22.7 Å². The molecule has 2 aliphatic rings. The van der Waals surface area contributed by atoms with Gasteiger partial charge in [0.15, 0.2) is 11.6 Å². The first-order chi connectivity index (χ1) is 13.8. The highest BCUT2D eigenvalue weighted by Crippen LogP contribution is 2.21. The Bertz CT molecular complexity index is 780. The number of amides is 1. The van der Waals surface area contributed by atoms with Crippen LogP contribution in [0, 0.1) is 0 Å². The Hall–Kier alpha value is -2.29. The zero-order chi connectivity index (χ0) is 19.3. The maximum absolute atomic E-state index is 12.8. The minimum Gasteiger partial charge on any atom is -0.355 e. The van der Waals surface area contributed by atoms with E-state index in [0.29, 0.717) is 18.0 Å². The van der Waals surface area contributed by atoms with Gasteiger partial charge in [0.1, 0.15) is 4.88 Å². The van der Waals surface area contributed by atoms with Crippen molar-refractivity contribution in [2.24, 2.45) is 0 Å². The molecule has 2 fully saturated rings. The summed E-state index contributed by atoms with van der Waals surface area (Å²) in [4.78, 5) is 19.9. The van der Waals surface area contributed by atoms with Crippen LogP contribution in [0.5, 0.6) is 0 Å². The molecule has 0 aliphatic carbocycles. The van der Waals surface area contributed by atoms with Gasteiger partial charge in [0.05, 0.1) is 5.69 Å². The number of hydrogen-bond donors (Lipinski definition) is 0. The molecule has 0 N–H and O–H groups in total. The zero-order valence-electron chi connectivity index (χ0n) is 16.4. The van der Waals surface area contributed by atoms with E-state index in [2.05, 4.69) is 48.6 Å². The van der Waals surface area contributed by atoms with E-state index >= 15 is 0 Å². The molecule has 0 aromatic carbocycles. The van der Waals surface area contributed by atoms with Gasteiger partial charge in [-0.1, -0.05) is 17.8 Å². The number of carbonyl (C=O) groups is 1. The van der Waals surface area contributed by atoms with Crippen LogP contribution in [0.4, 0.5) is 11.6 Å². The highest BCUT2D eigenvalue weighted by atomic mass is 32.1. The fourth-order valence-electron chi connectivity index (χ4n) is 3.83. The molecule has 4 rings (SSSR count). The number of aryl methyl sites for hydroxylation is 1. The fourth-order valence-corrected chi connectivity index (χ4v) is 4.51. The van der Waals surface area contributed by atoms with E-state index in [1.165, 1.54) is 30.8 Å². The third-order valence-electron chi connectivity index (χ3n) is 5.44. The molecule has 8 nitrogen and oxygen atoms in total.